The van der Waals surface area contributed by atoms with Gasteiger partial charge in [0.2, 0.25) is 0 Å². The first kappa shape index (κ1) is 11.9. The van der Waals surface area contributed by atoms with Crippen LogP contribution in [0.4, 0.5) is 0 Å². The summed E-state index contributed by atoms with van der Waals surface area (Å²) in [5, 5.41) is 2.06. The van der Waals surface area contributed by atoms with E-state index in [1.54, 1.807) is 23.1 Å². The van der Waals surface area contributed by atoms with Gasteiger partial charge in [0.25, 0.3) is 5.91 Å². The lowest BCUT2D eigenvalue weighted by molar-refractivity contribution is -0.131. The maximum atomic E-state index is 11.2. The van der Waals surface area contributed by atoms with E-state index in [4.69, 9.17) is 10.6 Å². The summed E-state index contributed by atoms with van der Waals surface area (Å²) >= 11 is 3.50. The highest BCUT2D eigenvalue weighted by atomic mass is 32.2. The first-order valence-corrected chi connectivity index (χ1v) is 6.98. The maximum Gasteiger partial charge on any atom is 0.263 e. The fraction of sp³-hybridized carbons (Fsp3) is 0.500. The quantitative estimate of drug-likeness (QED) is 0.371. The molecule has 1 saturated heterocycles. The lowest BCUT2D eigenvalue weighted by Crippen LogP contribution is -2.39. The van der Waals surface area contributed by atoms with Crippen molar-refractivity contribution in [2.24, 2.45) is 5.84 Å². The molecule has 6 heteroatoms. The van der Waals surface area contributed by atoms with Crippen molar-refractivity contribution in [2.45, 2.75) is 29.3 Å². The molecule has 0 bridgehead atoms. The highest BCUT2D eigenvalue weighted by molar-refractivity contribution is 8.01. The van der Waals surface area contributed by atoms with Gasteiger partial charge < -0.3 is 4.74 Å². The van der Waals surface area contributed by atoms with Gasteiger partial charge in [-0.25, -0.2) is 5.84 Å². The zero-order chi connectivity index (χ0) is 11.4. The van der Waals surface area contributed by atoms with Gasteiger partial charge >= 0.3 is 0 Å². The van der Waals surface area contributed by atoms with Crippen molar-refractivity contribution in [1.29, 1.82) is 0 Å². The van der Waals surface area contributed by atoms with Crippen LogP contribution in [0.1, 0.15) is 12.8 Å². The predicted molar refractivity (Wildman–Crippen MR) is 65.3 cm³/mol. The Morgan fingerprint density at radius 2 is 2.56 bits per heavy atom. The summed E-state index contributed by atoms with van der Waals surface area (Å²) in [6.07, 6.45) is 1.49. The molecule has 1 aromatic heterocycles. The molecule has 2 rings (SSSR count). The summed E-state index contributed by atoms with van der Waals surface area (Å²) in [5.41, 5.74) is 2.13. The summed E-state index contributed by atoms with van der Waals surface area (Å²) in [4.78, 5) is 11.2. The molecule has 1 amide bonds. The van der Waals surface area contributed by atoms with Crippen molar-refractivity contribution < 1.29 is 9.53 Å². The standard InChI is InChI=1S/C10H14N2O2S2/c11-12-10(13)8-4-3-7(14-8)6-16-9-2-1-5-15-9/h1-2,5,7-8H,3-4,6,11H2,(H,12,13). The number of carbonyl (C=O) groups excluding carboxylic acids is 1. The number of thioether (sulfide) groups is 1. The average molecular weight is 258 g/mol. The van der Waals surface area contributed by atoms with E-state index < -0.39 is 0 Å². The Labute approximate surface area is 103 Å². The Kier molecular flexibility index (Phi) is 4.22. The number of hydrogen-bond donors (Lipinski definition) is 2. The molecule has 0 spiro atoms. The Balaban J connectivity index is 1.75. The summed E-state index contributed by atoms with van der Waals surface area (Å²) < 4.78 is 6.89. The Hall–Kier alpha value is -0.560. The number of rotatable bonds is 4. The van der Waals surface area contributed by atoms with Gasteiger partial charge in [-0.1, -0.05) is 6.07 Å². The van der Waals surface area contributed by atoms with Crippen molar-refractivity contribution in [3.05, 3.63) is 17.5 Å². The predicted octanol–water partition coefficient (Wildman–Crippen LogP) is 1.38. The van der Waals surface area contributed by atoms with Crippen LogP contribution in [0.3, 0.4) is 0 Å². The molecule has 1 fully saturated rings. The number of carbonyl (C=O) groups is 1. The van der Waals surface area contributed by atoms with Gasteiger partial charge in [0.05, 0.1) is 10.3 Å². The summed E-state index contributed by atoms with van der Waals surface area (Å²) in [6, 6.07) is 4.13. The van der Waals surface area contributed by atoms with E-state index in [0.29, 0.717) is 0 Å². The first-order chi connectivity index (χ1) is 7.79. The fourth-order valence-corrected chi connectivity index (χ4v) is 3.50. The largest absolute Gasteiger partial charge is 0.364 e. The van der Waals surface area contributed by atoms with Crippen molar-refractivity contribution in [2.75, 3.05) is 5.75 Å². The van der Waals surface area contributed by atoms with Crippen LogP contribution in [-0.4, -0.2) is 23.9 Å². The van der Waals surface area contributed by atoms with Gasteiger partial charge in [-0.05, 0) is 24.3 Å². The lowest BCUT2D eigenvalue weighted by atomic mass is 10.2. The van der Waals surface area contributed by atoms with E-state index in [1.165, 1.54) is 4.21 Å². The number of hydrazine groups is 1. The monoisotopic (exact) mass is 258 g/mol. The molecule has 1 aliphatic heterocycles. The van der Waals surface area contributed by atoms with Gasteiger partial charge in [0, 0.05) is 5.75 Å². The minimum Gasteiger partial charge on any atom is -0.364 e. The summed E-state index contributed by atoms with van der Waals surface area (Å²) in [7, 11) is 0. The fourth-order valence-electron chi connectivity index (χ4n) is 1.63. The molecule has 0 aromatic carbocycles. The van der Waals surface area contributed by atoms with Crippen LogP contribution >= 0.6 is 23.1 Å². The Morgan fingerprint density at radius 1 is 1.69 bits per heavy atom. The van der Waals surface area contributed by atoms with E-state index in [-0.39, 0.29) is 18.1 Å². The number of thiophene rings is 1. The van der Waals surface area contributed by atoms with Gasteiger partial charge in [0.15, 0.2) is 0 Å². The van der Waals surface area contributed by atoms with Crippen LogP contribution in [0.5, 0.6) is 0 Å². The molecule has 0 radical (unpaired) electrons. The highest BCUT2D eigenvalue weighted by Crippen LogP contribution is 2.29. The lowest BCUT2D eigenvalue weighted by Gasteiger charge is -2.11. The zero-order valence-electron chi connectivity index (χ0n) is 8.72. The second-order valence-electron chi connectivity index (χ2n) is 3.58. The summed E-state index contributed by atoms with van der Waals surface area (Å²) in [5.74, 6) is 5.74. The zero-order valence-corrected chi connectivity index (χ0v) is 10.4. The van der Waals surface area contributed by atoms with Crippen molar-refractivity contribution >= 4 is 29.0 Å². The van der Waals surface area contributed by atoms with Crippen molar-refractivity contribution in [3.63, 3.8) is 0 Å². The van der Waals surface area contributed by atoms with Crippen LogP contribution in [0, 0.1) is 0 Å². The third-order valence-corrected chi connectivity index (χ3v) is 4.71. The number of nitrogens with two attached hydrogens (primary N) is 1. The number of nitrogens with one attached hydrogen (secondary N) is 1. The van der Waals surface area contributed by atoms with E-state index in [2.05, 4.69) is 16.9 Å². The first-order valence-electron chi connectivity index (χ1n) is 5.12. The number of amides is 1. The molecule has 0 saturated carbocycles. The molecule has 2 atom stereocenters. The molecular weight excluding hydrogens is 244 g/mol. The van der Waals surface area contributed by atoms with E-state index >= 15 is 0 Å². The van der Waals surface area contributed by atoms with Crippen LogP contribution in [0.25, 0.3) is 0 Å². The van der Waals surface area contributed by atoms with Gasteiger partial charge in [0.1, 0.15) is 6.10 Å². The van der Waals surface area contributed by atoms with Crippen LogP contribution in [0.15, 0.2) is 21.7 Å². The molecule has 2 unspecified atom stereocenters. The SMILES string of the molecule is NNC(=O)C1CCC(CSc2cccs2)O1. The number of hydrogen-bond acceptors (Lipinski definition) is 5. The second-order valence-corrected chi connectivity index (χ2v) is 5.84. The van der Waals surface area contributed by atoms with Gasteiger partial charge in [-0.15, -0.1) is 23.1 Å². The van der Waals surface area contributed by atoms with Crippen molar-refractivity contribution in [1.82, 2.24) is 5.43 Å². The van der Waals surface area contributed by atoms with Crippen LogP contribution < -0.4 is 11.3 Å². The molecule has 16 heavy (non-hydrogen) atoms. The molecule has 3 N–H and O–H groups in total. The third kappa shape index (κ3) is 2.98. The molecular formula is C10H14N2O2S2. The average Bonchev–Trinajstić information content (AvgIpc) is 2.96. The summed E-state index contributed by atoms with van der Waals surface area (Å²) in [6.45, 7) is 0. The minimum atomic E-state index is -0.362. The maximum absolute atomic E-state index is 11.2. The third-order valence-electron chi connectivity index (χ3n) is 2.45. The molecule has 2 heterocycles. The van der Waals surface area contributed by atoms with Gasteiger partial charge in [-0.3, -0.25) is 10.2 Å². The Bertz CT molecular complexity index is 343. The molecule has 1 aromatic rings. The highest BCUT2D eigenvalue weighted by Gasteiger charge is 2.30. The van der Waals surface area contributed by atoms with E-state index in [1.807, 2.05) is 6.07 Å². The van der Waals surface area contributed by atoms with Gasteiger partial charge in [-0.2, -0.15) is 0 Å². The second kappa shape index (κ2) is 5.67. The molecule has 1 aliphatic rings. The van der Waals surface area contributed by atoms with Crippen molar-refractivity contribution in [3.8, 4) is 0 Å². The van der Waals surface area contributed by atoms with Crippen LogP contribution in [0.2, 0.25) is 0 Å². The molecule has 0 aliphatic carbocycles. The van der Waals surface area contributed by atoms with E-state index in [9.17, 15) is 4.79 Å². The number of ether oxygens (including phenoxy) is 1. The van der Waals surface area contributed by atoms with E-state index in [0.717, 1.165) is 18.6 Å². The molecule has 88 valence electrons. The topological polar surface area (TPSA) is 64.3 Å². The van der Waals surface area contributed by atoms with Crippen LogP contribution in [-0.2, 0) is 9.53 Å². The Morgan fingerprint density at radius 3 is 3.25 bits per heavy atom. The molecule has 4 nitrogen and oxygen atoms in total. The normalized spacial score (nSPS) is 24.6. The smallest absolute Gasteiger partial charge is 0.263 e. The minimum absolute atomic E-state index is 0.161.